The van der Waals surface area contributed by atoms with Gasteiger partial charge in [0.25, 0.3) is 0 Å². The van der Waals surface area contributed by atoms with Gasteiger partial charge in [0.05, 0.1) is 6.61 Å². The van der Waals surface area contributed by atoms with Crippen LogP contribution in [0.5, 0.6) is 17.2 Å². The van der Waals surface area contributed by atoms with Gasteiger partial charge in [-0.1, -0.05) is 62.2 Å². The first-order chi connectivity index (χ1) is 12.8. The number of ether oxygens (including phenoxy) is 1. The highest BCUT2D eigenvalue weighted by Crippen LogP contribution is 2.31. The van der Waals surface area contributed by atoms with Crippen LogP contribution in [-0.4, -0.2) is 10.8 Å². The molecule has 1 unspecified atom stereocenters. The van der Waals surface area contributed by atoms with E-state index in [0.29, 0.717) is 18.1 Å². The summed E-state index contributed by atoms with van der Waals surface area (Å²) in [6.07, 6.45) is 3.01. The van der Waals surface area contributed by atoms with Gasteiger partial charge in [0.2, 0.25) is 0 Å². The van der Waals surface area contributed by atoms with Gasteiger partial charge >= 0.3 is 11.4 Å². The maximum Gasteiger partial charge on any atom is 0.360 e. The maximum atomic E-state index is 11.8. The average Bonchev–Trinajstić information content (AvgIpc) is 2.66. The zero-order valence-corrected chi connectivity index (χ0v) is 15.5. The Morgan fingerprint density at radius 2 is 1.65 bits per heavy atom. The summed E-state index contributed by atoms with van der Waals surface area (Å²) in [7, 11) is 0. The molecule has 0 saturated carbocycles. The first-order valence-corrected chi connectivity index (χ1v) is 9.75. The minimum absolute atomic E-state index is 0.423. The SMILES string of the molecule is CCCCCOS(=O)Oc1cccc(Oc2cccc3ccccc23)c1. The molecule has 4 nitrogen and oxygen atoms in total. The highest BCUT2D eigenvalue weighted by atomic mass is 32.2. The van der Waals surface area contributed by atoms with Crippen molar-refractivity contribution in [2.75, 3.05) is 6.61 Å². The third kappa shape index (κ3) is 5.07. The van der Waals surface area contributed by atoms with E-state index in [1.54, 1.807) is 18.2 Å². The molecule has 0 saturated heterocycles. The van der Waals surface area contributed by atoms with Crippen LogP contribution >= 0.6 is 0 Å². The average molecular weight is 370 g/mol. The maximum absolute atomic E-state index is 11.8. The summed E-state index contributed by atoms with van der Waals surface area (Å²) in [4.78, 5) is 0. The molecule has 3 rings (SSSR count). The van der Waals surface area contributed by atoms with Crippen molar-refractivity contribution in [3.05, 3.63) is 66.7 Å². The summed E-state index contributed by atoms with van der Waals surface area (Å²) in [5.74, 6) is 1.82. The van der Waals surface area contributed by atoms with E-state index in [1.807, 2.05) is 48.5 Å². The number of benzene rings is 3. The monoisotopic (exact) mass is 370 g/mol. The standard InChI is InChI=1S/C21H22O4S/c1-2-3-6-15-23-26(22)25-19-12-8-11-18(16-19)24-21-14-7-10-17-9-4-5-13-20(17)21/h4-5,7-14,16H,2-3,6,15H2,1H3. The fourth-order valence-electron chi connectivity index (χ4n) is 2.58. The molecule has 0 heterocycles. The minimum Gasteiger partial charge on any atom is -0.457 e. The lowest BCUT2D eigenvalue weighted by atomic mass is 10.1. The molecule has 0 fully saturated rings. The predicted molar refractivity (Wildman–Crippen MR) is 105 cm³/mol. The Morgan fingerprint density at radius 1 is 0.885 bits per heavy atom. The number of hydrogen-bond donors (Lipinski definition) is 0. The van der Waals surface area contributed by atoms with E-state index < -0.39 is 11.4 Å². The Morgan fingerprint density at radius 3 is 2.54 bits per heavy atom. The van der Waals surface area contributed by atoms with Crippen LogP contribution in [-0.2, 0) is 15.5 Å². The summed E-state index contributed by atoms with van der Waals surface area (Å²) < 4.78 is 28.4. The molecule has 0 radical (unpaired) electrons. The van der Waals surface area contributed by atoms with E-state index in [4.69, 9.17) is 13.1 Å². The van der Waals surface area contributed by atoms with Gasteiger partial charge in [-0.05, 0) is 30.0 Å². The predicted octanol–water partition coefficient (Wildman–Crippen LogP) is 5.80. The molecule has 0 aliphatic carbocycles. The van der Waals surface area contributed by atoms with Crippen molar-refractivity contribution in [1.82, 2.24) is 0 Å². The summed E-state index contributed by atoms with van der Waals surface area (Å²) in [5.41, 5.74) is 0. The second-order valence-corrected chi connectivity index (χ2v) is 6.68. The Labute approximate surface area is 156 Å². The Hall–Kier alpha value is -2.37. The lowest BCUT2D eigenvalue weighted by molar-refractivity contribution is 0.301. The van der Waals surface area contributed by atoms with Crippen molar-refractivity contribution >= 4 is 22.1 Å². The van der Waals surface area contributed by atoms with Crippen LogP contribution in [0.3, 0.4) is 0 Å². The quantitative estimate of drug-likeness (QED) is 0.447. The normalized spacial score (nSPS) is 12.0. The summed E-state index contributed by atoms with van der Waals surface area (Å²) in [6, 6.07) is 21.0. The van der Waals surface area contributed by atoms with E-state index in [-0.39, 0.29) is 0 Å². The number of fused-ring (bicyclic) bond motifs is 1. The number of unbranched alkanes of at least 4 members (excludes halogenated alkanes) is 2. The van der Waals surface area contributed by atoms with E-state index in [1.165, 1.54) is 0 Å². The molecular formula is C21H22O4S. The minimum atomic E-state index is -1.81. The van der Waals surface area contributed by atoms with Gasteiger partial charge in [-0.25, -0.2) is 0 Å². The van der Waals surface area contributed by atoms with Crippen molar-refractivity contribution in [2.45, 2.75) is 26.2 Å². The number of hydrogen-bond acceptors (Lipinski definition) is 4. The van der Waals surface area contributed by atoms with Gasteiger partial charge in [-0.3, -0.25) is 4.18 Å². The highest BCUT2D eigenvalue weighted by molar-refractivity contribution is 7.75. The summed E-state index contributed by atoms with van der Waals surface area (Å²) in [5, 5.41) is 2.14. The van der Waals surface area contributed by atoms with E-state index in [0.717, 1.165) is 35.8 Å². The largest absolute Gasteiger partial charge is 0.457 e. The van der Waals surface area contributed by atoms with Crippen molar-refractivity contribution in [3.63, 3.8) is 0 Å². The molecule has 136 valence electrons. The molecular weight excluding hydrogens is 348 g/mol. The van der Waals surface area contributed by atoms with Gasteiger partial charge in [0, 0.05) is 11.5 Å². The topological polar surface area (TPSA) is 44.8 Å². The lowest BCUT2D eigenvalue weighted by Crippen LogP contribution is -2.06. The van der Waals surface area contributed by atoms with Gasteiger partial charge < -0.3 is 8.92 Å². The molecule has 0 aliphatic rings. The molecule has 0 spiro atoms. The van der Waals surface area contributed by atoms with Crippen LogP contribution in [0.4, 0.5) is 0 Å². The van der Waals surface area contributed by atoms with Crippen LogP contribution in [0.15, 0.2) is 66.7 Å². The van der Waals surface area contributed by atoms with Gasteiger partial charge in [-0.2, -0.15) is 4.21 Å². The van der Waals surface area contributed by atoms with Crippen molar-refractivity contribution in [2.24, 2.45) is 0 Å². The lowest BCUT2D eigenvalue weighted by Gasteiger charge is -2.10. The second-order valence-electron chi connectivity index (χ2n) is 5.87. The molecule has 26 heavy (non-hydrogen) atoms. The third-order valence-electron chi connectivity index (χ3n) is 3.87. The van der Waals surface area contributed by atoms with E-state index in [9.17, 15) is 4.21 Å². The first-order valence-electron chi connectivity index (χ1n) is 8.75. The van der Waals surface area contributed by atoms with Crippen LogP contribution in [0, 0.1) is 0 Å². The Bertz CT molecular complexity index is 873. The molecule has 0 bridgehead atoms. The van der Waals surface area contributed by atoms with Crippen molar-refractivity contribution in [3.8, 4) is 17.2 Å². The molecule has 0 aromatic heterocycles. The summed E-state index contributed by atoms with van der Waals surface area (Å²) in [6.45, 7) is 2.53. The van der Waals surface area contributed by atoms with Crippen LogP contribution < -0.4 is 8.92 Å². The summed E-state index contributed by atoms with van der Waals surface area (Å²) >= 11 is -1.81. The van der Waals surface area contributed by atoms with E-state index >= 15 is 0 Å². The second kappa shape index (κ2) is 9.36. The van der Waals surface area contributed by atoms with Crippen LogP contribution in [0.2, 0.25) is 0 Å². The number of rotatable bonds is 9. The van der Waals surface area contributed by atoms with E-state index in [2.05, 4.69) is 6.92 Å². The van der Waals surface area contributed by atoms with Crippen LogP contribution in [0.1, 0.15) is 26.2 Å². The molecule has 1 atom stereocenters. The van der Waals surface area contributed by atoms with Crippen molar-refractivity contribution < 1.29 is 17.3 Å². The Balaban J connectivity index is 1.66. The first kappa shape index (κ1) is 18.4. The smallest absolute Gasteiger partial charge is 0.360 e. The zero-order valence-electron chi connectivity index (χ0n) is 14.7. The molecule has 3 aromatic rings. The Kier molecular flexibility index (Phi) is 6.63. The van der Waals surface area contributed by atoms with Crippen molar-refractivity contribution in [1.29, 1.82) is 0 Å². The molecule has 3 aromatic carbocycles. The third-order valence-corrected chi connectivity index (χ3v) is 4.56. The van der Waals surface area contributed by atoms with Gasteiger partial charge in [0.15, 0.2) is 0 Å². The fraction of sp³-hybridized carbons (Fsp3) is 0.238. The van der Waals surface area contributed by atoms with Gasteiger partial charge in [-0.15, -0.1) is 0 Å². The highest BCUT2D eigenvalue weighted by Gasteiger charge is 2.07. The molecule has 5 heteroatoms. The zero-order chi connectivity index (χ0) is 18.2. The molecule has 0 amide bonds. The molecule has 0 N–H and O–H groups in total. The fourth-order valence-corrected chi connectivity index (χ4v) is 3.15. The van der Waals surface area contributed by atoms with Crippen LogP contribution in [0.25, 0.3) is 10.8 Å². The molecule has 0 aliphatic heterocycles. The van der Waals surface area contributed by atoms with Gasteiger partial charge in [0.1, 0.15) is 17.2 Å².